The fourth-order valence-electron chi connectivity index (χ4n) is 3.87. The van der Waals surface area contributed by atoms with Gasteiger partial charge >= 0.3 is 0 Å². The third-order valence-electron chi connectivity index (χ3n) is 5.52. The third kappa shape index (κ3) is 3.59. The van der Waals surface area contributed by atoms with Gasteiger partial charge in [-0.15, -0.1) is 0 Å². The molecule has 0 bridgehead atoms. The second-order valence-corrected chi connectivity index (χ2v) is 7.42. The van der Waals surface area contributed by atoms with Crippen LogP contribution in [0, 0.1) is 4.77 Å². The molecule has 29 heavy (non-hydrogen) atoms. The van der Waals surface area contributed by atoms with E-state index in [2.05, 4.69) is 24.8 Å². The van der Waals surface area contributed by atoms with Gasteiger partial charge in [-0.05, 0) is 70.6 Å². The molecule has 1 atom stereocenters. The van der Waals surface area contributed by atoms with E-state index < -0.39 is 6.10 Å². The summed E-state index contributed by atoms with van der Waals surface area (Å²) in [5.74, 6) is 0.594. The van der Waals surface area contributed by atoms with Crippen molar-refractivity contribution >= 4 is 23.5 Å². The van der Waals surface area contributed by atoms with Gasteiger partial charge in [-0.1, -0.05) is 0 Å². The molecule has 1 unspecified atom stereocenters. The standard InChI is InChI=1S/C22H29N3O3S/c1-6-23(7-2)15-10-11-16-14(5)12-18(28-17(16)13-15)19-20(26)24(8-3)22(29)25(9-4)21(19)27/h10-13,18,26H,6-9H2,1-5H3. The van der Waals surface area contributed by atoms with Gasteiger partial charge in [0.05, 0.1) is 0 Å². The Hall–Kier alpha value is -2.54. The van der Waals surface area contributed by atoms with Gasteiger partial charge in [0.25, 0.3) is 5.56 Å². The smallest absolute Gasteiger partial charge is 0.265 e. The predicted octanol–water partition coefficient (Wildman–Crippen LogP) is 4.51. The van der Waals surface area contributed by atoms with Crippen molar-refractivity contribution in [1.29, 1.82) is 0 Å². The Morgan fingerprint density at radius 1 is 1.14 bits per heavy atom. The zero-order valence-corrected chi connectivity index (χ0v) is 18.5. The van der Waals surface area contributed by atoms with Crippen LogP contribution in [-0.4, -0.2) is 27.3 Å². The summed E-state index contributed by atoms with van der Waals surface area (Å²) in [6, 6.07) is 6.15. The lowest BCUT2D eigenvalue weighted by Gasteiger charge is -2.28. The monoisotopic (exact) mass is 415 g/mol. The minimum atomic E-state index is -0.673. The quantitative estimate of drug-likeness (QED) is 0.704. The van der Waals surface area contributed by atoms with E-state index in [-0.39, 0.29) is 17.0 Å². The second-order valence-electron chi connectivity index (χ2n) is 7.05. The first-order valence-corrected chi connectivity index (χ1v) is 10.6. The minimum absolute atomic E-state index is 0.121. The minimum Gasteiger partial charge on any atom is -0.494 e. The maximum Gasteiger partial charge on any atom is 0.265 e. The van der Waals surface area contributed by atoms with E-state index in [9.17, 15) is 9.90 Å². The van der Waals surface area contributed by atoms with E-state index in [1.54, 1.807) is 4.57 Å². The van der Waals surface area contributed by atoms with Crippen LogP contribution in [0.25, 0.3) is 5.57 Å². The first kappa shape index (κ1) is 21.2. The molecular weight excluding hydrogens is 386 g/mol. The molecule has 0 amide bonds. The molecule has 6 nitrogen and oxygen atoms in total. The molecule has 1 aliphatic rings. The molecule has 0 saturated carbocycles. The summed E-state index contributed by atoms with van der Waals surface area (Å²) in [6.45, 7) is 12.7. The van der Waals surface area contributed by atoms with E-state index >= 15 is 0 Å². The zero-order valence-electron chi connectivity index (χ0n) is 17.7. The van der Waals surface area contributed by atoms with Crippen molar-refractivity contribution < 1.29 is 9.84 Å². The van der Waals surface area contributed by atoms with Crippen LogP contribution in [0.2, 0.25) is 0 Å². The molecule has 2 heterocycles. The summed E-state index contributed by atoms with van der Waals surface area (Å²) in [5, 5.41) is 10.8. The summed E-state index contributed by atoms with van der Waals surface area (Å²) in [7, 11) is 0. The van der Waals surface area contributed by atoms with E-state index in [0.717, 1.165) is 29.9 Å². The number of anilines is 1. The Bertz CT molecular complexity index is 1060. The van der Waals surface area contributed by atoms with Crippen molar-refractivity contribution in [3.05, 3.63) is 50.5 Å². The third-order valence-corrected chi connectivity index (χ3v) is 5.97. The summed E-state index contributed by atoms with van der Waals surface area (Å²) in [5.41, 5.74) is 2.99. The summed E-state index contributed by atoms with van der Waals surface area (Å²) < 4.78 is 9.64. The van der Waals surface area contributed by atoms with Gasteiger partial charge in [-0.3, -0.25) is 13.9 Å². The summed E-state index contributed by atoms with van der Waals surface area (Å²) >= 11 is 5.39. The number of aromatic hydroxyl groups is 1. The van der Waals surface area contributed by atoms with Crippen LogP contribution >= 0.6 is 12.2 Å². The van der Waals surface area contributed by atoms with Gasteiger partial charge in [-0.2, -0.15) is 0 Å². The molecular formula is C22H29N3O3S. The number of rotatable bonds is 6. The molecule has 1 aromatic heterocycles. The number of aromatic nitrogens is 2. The number of allylic oxidation sites excluding steroid dienone is 1. The first-order valence-electron chi connectivity index (χ1n) is 10.2. The molecule has 0 fully saturated rings. The zero-order chi connectivity index (χ0) is 21.3. The van der Waals surface area contributed by atoms with Crippen molar-refractivity contribution in [1.82, 2.24) is 9.13 Å². The Morgan fingerprint density at radius 2 is 1.79 bits per heavy atom. The molecule has 156 valence electrons. The van der Waals surface area contributed by atoms with Gasteiger partial charge < -0.3 is 14.7 Å². The molecule has 1 aromatic carbocycles. The molecule has 3 rings (SSSR count). The number of hydrogen-bond donors (Lipinski definition) is 1. The lowest BCUT2D eigenvalue weighted by molar-refractivity contribution is 0.237. The van der Waals surface area contributed by atoms with Crippen LogP contribution in [0.1, 0.15) is 51.8 Å². The van der Waals surface area contributed by atoms with Crippen LogP contribution in [-0.2, 0) is 13.1 Å². The number of ether oxygens (including phenoxy) is 1. The molecule has 0 spiro atoms. The topological polar surface area (TPSA) is 59.6 Å². The van der Waals surface area contributed by atoms with Gasteiger partial charge in [-0.25, -0.2) is 0 Å². The molecule has 7 heteroatoms. The molecule has 0 saturated heterocycles. The maximum atomic E-state index is 13.1. The van der Waals surface area contributed by atoms with Gasteiger partial charge in [0.2, 0.25) is 5.88 Å². The van der Waals surface area contributed by atoms with Crippen LogP contribution in [0.15, 0.2) is 29.1 Å². The number of benzene rings is 1. The van der Waals surface area contributed by atoms with E-state index in [0.29, 0.717) is 23.6 Å². The highest BCUT2D eigenvalue weighted by molar-refractivity contribution is 7.71. The van der Waals surface area contributed by atoms with Crippen LogP contribution < -0.4 is 15.2 Å². The molecule has 0 radical (unpaired) electrons. The number of fused-ring (bicyclic) bond motifs is 1. The highest BCUT2D eigenvalue weighted by Crippen LogP contribution is 2.40. The van der Waals surface area contributed by atoms with Crippen LogP contribution in [0.5, 0.6) is 11.6 Å². The Balaban J connectivity index is 2.15. The van der Waals surface area contributed by atoms with E-state index in [1.807, 2.05) is 39.0 Å². The second kappa shape index (κ2) is 8.45. The molecule has 1 aliphatic heterocycles. The van der Waals surface area contributed by atoms with E-state index in [4.69, 9.17) is 17.0 Å². The molecule has 0 aliphatic carbocycles. The first-order chi connectivity index (χ1) is 13.9. The number of hydrogen-bond acceptors (Lipinski definition) is 5. The predicted molar refractivity (Wildman–Crippen MR) is 120 cm³/mol. The van der Waals surface area contributed by atoms with Crippen LogP contribution in [0.3, 0.4) is 0 Å². The van der Waals surface area contributed by atoms with Crippen molar-refractivity contribution in [2.45, 2.75) is 53.8 Å². The highest BCUT2D eigenvalue weighted by Gasteiger charge is 2.28. The van der Waals surface area contributed by atoms with E-state index in [1.165, 1.54) is 4.57 Å². The van der Waals surface area contributed by atoms with Crippen molar-refractivity contribution in [3.8, 4) is 11.6 Å². The average molecular weight is 416 g/mol. The highest BCUT2D eigenvalue weighted by atomic mass is 32.1. The van der Waals surface area contributed by atoms with Gasteiger partial charge in [0, 0.05) is 43.5 Å². The van der Waals surface area contributed by atoms with Crippen LogP contribution in [0.4, 0.5) is 5.69 Å². The SMILES string of the molecule is CCN(CC)c1ccc2c(c1)OC(c1c(O)n(CC)c(=S)n(CC)c1=O)C=C2C. The fraction of sp³-hybridized carbons (Fsp3) is 0.455. The Kier molecular flexibility index (Phi) is 6.17. The maximum absolute atomic E-state index is 13.1. The lowest BCUT2D eigenvalue weighted by Crippen LogP contribution is -2.31. The summed E-state index contributed by atoms with van der Waals surface area (Å²) in [6.07, 6.45) is 1.21. The molecule has 2 aromatic rings. The van der Waals surface area contributed by atoms with Gasteiger partial charge in [0.15, 0.2) is 10.9 Å². The van der Waals surface area contributed by atoms with Gasteiger partial charge in [0.1, 0.15) is 11.3 Å². The fourth-order valence-corrected chi connectivity index (χ4v) is 4.30. The van der Waals surface area contributed by atoms with Crippen molar-refractivity contribution in [3.63, 3.8) is 0 Å². The number of nitrogens with zero attached hydrogens (tertiary/aromatic N) is 3. The Morgan fingerprint density at radius 3 is 2.38 bits per heavy atom. The lowest BCUT2D eigenvalue weighted by atomic mass is 9.98. The summed E-state index contributed by atoms with van der Waals surface area (Å²) in [4.78, 5) is 15.3. The van der Waals surface area contributed by atoms with Crippen molar-refractivity contribution in [2.24, 2.45) is 0 Å². The van der Waals surface area contributed by atoms with Crippen molar-refractivity contribution in [2.75, 3.05) is 18.0 Å². The average Bonchev–Trinajstić information content (AvgIpc) is 2.69. The largest absolute Gasteiger partial charge is 0.494 e. The molecule has 1 N–H and O–H groups in total. The Labute approximate surface area is 176 Å². The normalized spacial score (nSPS) is 15.5.